The zero-order valence-corrected chi connectivity index (χ0v) is 27.5. The maximum absolute atomic E-state index is 13.2. The smallest absolute Gasteiger partial charge is 0.335 e. The Morgan fingerprint density at radius 2 is 1.73 bits per heavy atom. The zero-order valence-electron chi connectivity index (χ0n) is 27.5. The van der Waals surface area contributed by atoms with E-state index in [0.29, 0.717) is 17.7 Å². The number of carboxylic acids is 1. The van der Waals surface area contributed by atoms with E-state index in [-0.39, 0.29) is 35.6 Å². The maximum Gasteiger partial charge on any atom is 0.335 e. The second kappa shape index (κ2) is 13.9. The first kappa shape index (κ1) is 33.4. The molecule has 3 heterocycles. The van der Waals surface area contributed by atoms with Gasteiger partial charge in [-0.05, 0) is 81.2 Å². The van der Waals surface area contributed by atoms with Gasteiger partial charge in [0.1, 0.15) is 17.9 Å². The highest BCUT2D eigenvalue weighted by molar-refractivity contribution is 6.23. The largest absolute Gasteiger partial charge is 0.490 e. The summed E-state index contributed by atoms with van der Waals surface area (Å²) in [5.41, 5.74) is 2.59. The van der Waals surface area contributed by atoms with E-state index in [0.717, 1.165) is 74.6 Å². The molecule has 3 fully saturated rings. The summed E-state index contributed by atoms with van der Waals surface area (Å²) >= 11 is 0. The molecule has 0 spiro atoms. The summed E-state index contributed by atoms with van der Waals surface area (Å²) in [6.07, 6.45) is 5.70. The van der Waals surface area contributed by atoms with Gasteiger partial charge in [-0.15, -0.1) is 0 Å². The van der Waals surface area contributed by atoms with Crippen LogP contribution in [0.5, 0.6) is 5.75 Å². The predicted molar refractivity (Wildman–Crippen MR) is 179 cm³/mol. The summed E-state index contributed by atoms with van der Waals surface area (Å²) in [4.78, 5) is 69.7. The molecule has 3 aliphatic heterocycles. The van der Waals surface area contributed by atoms with Crippen LogP contribution in [0.3, 0.4) is 0 Å². The van der Waals surface area contributed by atoms with Crippen LogP contribution in [0, 0.1) is 5.92 Å². The fourth-order valence-electron chi connectivity index (χ4n) is 7.23. The van der Waals surface area contributed by atoms with Crippen LogP contribution in [0.1, 0.15) is 75.2 Å². The van der Waals surface area contributed by atoms with Crippen LogP contribution in [0.25, 0.3) is 6.08 Å². The molecule has 0 radical (unpaired) electrons. The van der Waals surface area contributed by atoms with Gasteiger partial charge in [-0.1, -0.05) is 12.7 Å². The normalized spacial score (nSPS) is 23.0. The molecular weight excluding hydrogens is 614 g/mol. The Hall–Kier alpha value is -4.55. The van der Waals surface area contributed by atoms with E-state index < -0.39 is 35.6 Å². The summed E-state index contributed by atoms with van der Waals surface area (Å²) in [5.74, 6) is -1.98. The lowest BCUT2D eigenvalue weighted by atomic mass is 9.86. The first-order valence-corrected chi connectivity index (χ1v) is 16.7. The number of nitrogens with zero attached hydrogens (tertiary/aromatic N) is 4. The van der Waals surface area contributed by atoms with Gasteiger partial charge in [-0.25, -0.2) is 4.79 Å². The molecule has 2 aromatic carbocycles. The zero-order chi connectivity index (χ0) is 34.1. The van der Waals surface area contributed by atoms with E-state index in [1.165, 1.54) is 0 Å². The van der Waals surface area contributed by atoms with Crippen molar-refractivity contribution in [1.82, 2.24) is 20.0 Å². The minimum Gasteiger partial charge on any atom is -0.490 e. The minimum atomic E-state index is -0.998. The maximum atomic E-state index is 13.2. The number of likely N-dealkylation sites (N-methyl/N-ethyl adjacent to an activating group) is 1. The molecule has 0 aromatic heterocycles. The fourth-order valence-corrected chi connectivity index (χ4v) is 7.23. The number of rotatable bonds is 12. The Morgan fingerprint density at radius 3 is 2.40 bits per heavy atom. The molecule has 1 unspecified atom stereocenters. The van der Waals surface area contributed by atoms with Crippen LogP contribution >= 0.6 is 0 Å². The lowest BCUT2D eigenvalue weighted by Crippen LogP contribution is -2.54. The van der Waals surface area contributed by atoms with Crippen molar-refractivity contribution in [3.05, 3.63) is 65.2 Å². The Morgan fingerprint density at radius 1 is 1.00 bits per heavy atom. The second-order valence-electron chi connectivity index (χ2n) is 13.5. The quantitative estimate of drug-likeness (QED) is 0.328. The summed E-state index contributed by atoms with van der Waals surface area (Å²) in [6.45, 7) is 8.59. The van der Waals surface area contributed by atoms with Gasteiger partial charge in [0.05, 0.1) is 16.7 Å². The number of carbonyl (C=O) groups excluding carboxylic acids is 4. The van der Waals surface area contributed by atoms with Gasteiger partial charge < -0.3 is 19.6 Å². The molecule has 48 heavy (non-hydrogen) atoms. The molecule has 1 atom stereocenters. The van der Waals surface area contributed by atoms with Crippen molar-refractivity contribution in [3.8, 4) is 5.75 Å². The molecule has 1 saturated carbocycles. The van der Waals surface area contributed by atoms with Gasteiger partial charge in [0.25, 0.3) is 11.8 Å². The minimum absolute atomic E-state index is 0.0127. The van der Waals surface area contributed by atoms with Gasteiger partial charge in [0.15, 0.2) is 0 Å². The molecule has 0 bridgehead atoms. The molecule has 1 aliphatic carbocycles. The Kier molecular flexibility index (Phi) is 9.66. The van der Waals surface area contributed by atoms with Crippen molar-refractivity contribution in [2.24, 2.45) is 5.92 Å². The Bertz CT molecular complexity index is 1630. The van der Waals surface area contributed by atoms with E-state index in [2.05, 4.69) is 40.7 Å². The molecule has 4 amide bonds. The van der Waals surface area contributed by atoms with Crippen molar-refractivity contribution in [2.75, 3.05) is 51.7 Å². The predicted octanol–water partition coefficient (Wildman–Crippen LogP) is 3.12. The highest BCUT2D eigenvalue weighted by atomic mass is 16.5. The van der Waals surface area contributed by atoms with Crippen LogP contribution in [-0.4, -0.2) is 114 Å². The van der Waals surface area contributed by atoms with Crippen LogP contribution < -0.4 is 15.0 Å². The molecule has 2 aromatic rings. The number of carboxylic acid groups (broad SMARTS) is 1. The summed E-state index contributed by atoms with van der Waals surface area (Å²) in [7, 11) is 4.16. The molecule has 4 aliphatic rings. The van der Waals surface area contributed by atoms with E-state index in [1.807, 2.05) is 6.07 Å². The van der Waals surface area contributed by atoms with Gasteiger partial charge in [0, 0.05) is 63.7 Å². The van der Waals surface area contributed by atoms with Crippen molar-refractivity contribution in [1.29, 1.82) is 0 Å². The lowest BCUT2D eigenvalue weighted by Gasteiger charge is -2.45. The summed E-state index contributed by atoms with van der Waals surface area (Å²) in [5, 5.41) is 11.6. The highest BCUT2D eigenvalue weighted by Gasteiger charge is 2.45. The highest BCUT2D eigenvalue weighted by Crippen LogP contribution is 2.35. The monoisotopic (exact) mass is 657 g/mol. The van der Waals surface area contributed by atoms with Gasteiger partial charge in [0.2, 0.25) is 11.8 Å². The van der Waals surface area contributed by atoms with E-state index >= 15 is 0 Å². The fraction of sp³-hybridized carbons (Fsp3) is 0.472. The number of fused-ring (bicyclic) bond motifs is 1. The van der Waals surface area contributed by atoms with Gasteiger partial charge in [-0.3, -0.25) is 34.3 Å². The number of ether oxygens (including phenoxy) is 1. The number of carbonyl (C=O) groups is 5. The first-order valence-electron chi connectivity index (χ1n) is 16.7. The molecule has 254 valence electrons. The average molecular weight is 658 g/mol. The van der Waals surface area contributed by atoms with E-state index in [9.17, 15) is 29.1 Å². The first-order chi connectivity index (χ1) is 23.0. The summed E-state index contributed by atoms with van der Waals surface area (Å²) < 4.78 is 6.28. The SMILES string of the molecule is C=Cc1cc(C(=O)O)ccc1N1CCC(CN(CCN(C)C)C2CC(Oc3ccc4c(c3)C(=O)N(C3CCC(=O)NC3=O)C4=O)C2)CC1. The molecule has 12 heteroatoms. The van der Waals surface area contributed by atoms with Crippen molar-refractivity contribution in [2.45, 2.75) is 56.7 Å². The van der Waals surface area contributed by atoms with E-state index in [1.54, 1.807) is 36.4 Å². The number of nitrogens with one attached hydrogen (secondary N) is 1. The average Bonchev–Trinajstić information content (AvgIpc) is 3.29. The molecule has 2 N–H and O–H groups in total. The number of anilines is 1. The van der Waals surface area contributed by atoms with Gasteiger partial charge >= 0.3 is 5.97 Å². The standard InChI is InChI=1S/C36H43N5O7/c1-4-23-17-24(36(46)47)5-8-30(23)39-13-11-22(12-14-39)21-40(16-15-38(2)3)25-18-27(19-25)48-26-6-7-28-29(20-26)35(45)41(34(28)44)31-9-10-32(42)37-33(31)43/h4-8,17,20,22,25,27,31H,1,9-16,18-19,21H2,2-3H3,(H,46,47)(H,37,42,43). The van der Waals surface area contributed by atoms with Crippen LogP contribution in [0.15, 0.2) is 43.0 Å². The molecule has 2 saturated heterocycles. The third kappa shape index (κ3) is 6.86. The number of aromatic carboxylic acids is 1. The van der Waals surface area contributed by atoms with Gasteiger partial charge in [-0.2, -0.15) is 0 Å². The topological polar surface area (TPSA) is 140 Å². The third-order valence-electron chi connectivity index (χ3n) is 10.1. The second-order valence-corrected chi connectivity index (χ2v) is 13.5. The van der Waals surface area contributed by atoms with E-state index in [4.69, 9.17) is 4.74 Å². The van der Waals surface area contributed by atoms with Crippen LogP contribution in [-0.2, 0) is 9.59 Å². The number of amides is 4. The Balaban J connectivity index is 1.04. The van der Waals surface area contributed by atoms with Crippen molar-refractivity contribution >= 4 is 41.4 Å². The molecular formula is C36H43N5O7. The third-order valence-corrected chi connectivity index (χ3v) is 10.1. The summed E-state index contributed by atoms with van der Waals surface area (Å²) in [6, 6.07) is 9.50. The van der Waals surface area contributed by atoms with Crippen molar-refractivity contribution in [3.63, 3.8) is 0 Å². The number of benzene rings is 2. The number of piperidine rings is 2. The lowest BCUT2D eigenvalue weighted by molar-refractivity contribution is -0.136. The Labute approximate surface area is 280 Å². The molecule has 6 rings (SSSR count). The number of hydrogen-bond acceptors (Lipinski definition) is 9. The number of hydrogen-bond donors (Lipinski definition) is 2. The molecule has 12 nitrogen and oxygen atoms in total. The van der Waals surface area contributed by atoms with Crippen molar-refractivity contribution < 1.29 is 33.8 Å². The van der Waals surface area contributed by atoms with Crippen LogP contribution in [0.4, 0.5) is 5.69 Å². The van der Waals surface area contributed by atoms with Crippen LogP contribution in [0.2, 0.25) is 0 Å². The number of imide groups is 2.